The van der Waals surface area contributed by atoms with E-state index >= 15 is 0 Å². The SMILES string of the molecule is CCNC(=NCCCc1ccc(OC)cc1)NC(C)c1nc(C)c(C(=O)OCC)s1. The van der Waals surface area contributed by atoms with Crippen LogP contribution in [0.25, 0.3) is 0 Å². The summed E-state index contributed by atoms with van der Waals surface area (Å²) in [6, 6.07) is 8.05. The molecule has 8 heteroatoms. The van der Waals surface area contributed by atoms with Crippen molar-refractivity contribution in [3.8, 4) is 5.75 Å². The van der Waals surface area contributed by atoms with Crippen molar-refractivity contribution in [1.29, 1.82) is 0 Å². The number of ether oxygens (including phenoxy) is 2. The lowest BCUT2D eigenvalue weighted by Crippen LogP contribution is -2.38. The van der Waals surface area contributed by atoms with Crippen molar-refractivity contribution in [2.45, 2.75) is 46.6 Å². The number of nitrogens with zero attached hydrogens (tertiary/aromatic N) is 2. The van der Waals surface area contributed by atoms with E-state index in [1.165, 1.54) is 16.9 Å². The summed E-state index contributed by atoms with van der Waals surface area (Å²) in [4.78, 5) is 21.8. The summed E-state index contributed by atoms with van der Waals surface area (Å²) in [7, 11) is 1.67. The molecule has 0 spiro atoms. The topological polar surface area (TPSA) is 84.8 Å². The maximum absolute atomic E-state index is 12.0. The van der Waals surface area contributed by atoms with Gasteiger partial charge in [0.1, 0.15) is 15.6 Å². The summed E-state index contributed by atoms with van der Waals surface area (Å²) in [6.45, 7) is 9.50. The molecule has 30 heavy (non-hydrogen) atoms. The number of aryl methyl sites for hydroxylation is 2. The van der Waals surface area contributed by atoms with Crippen LogP contribution in [0, 0.1) is 6.92 Å². The molecule has 0 saturated heterocycles. The number of carbonyl (C=O) groups is 1. The first-order valence-electron chi connectivity index (χ1n) is 10.3. The summed E-state index contributed by atoms with van der Waals surface area (Å²) >= 11 is 1.36. The van der Waals surface area contributed by atoms with E-state index in [0.717, 1.165) is 36.1 Å². The van der Waals surface area contributed by atoms with Gasteiger partial charge in [-0.15, -0.1) is 11.3 Å². The van der Waals surface area contributed by atoms with E-state index in [9.17, 15) is 4.79 Å². The molecule has 0 saturated carbocycles. The van der Waals surface area contributed by atoms with Gasteiger partial charge in [-0.1, -0.05) is 12.1 Å². The molecule has 2 aromatic rings. The van der Waals surface area contributed by atoms with E-state index in [1.54, 1.807) is 14.0 Å². The number of benzene rings is 1. The molecule has 0 aliphatic rings. The zero-order valence-corrected chi connectivity index (χ0v) is 19.3. The Morgan fingerprint density at radius 3 is 2.63 bits per heavy atom. The Hall–Kier alpha value is -2.61. The molecular formula is C22H32N4O3S. The highest BCUT2D eigenvalue weighted by atomic mass is 32.1. The highest BCUT2D eigenvalue weighted by molar-refractivity contribution is 7.13. The van der Waals surface area contributed by atoms with Crippen molar-refractivity contribution >= 4 is 23.3 Å². The van der Waals surface area contributed by atoms with Gasteiger partial charge in [0, 0.05) is 13.1 Å². The minimum atomic E-state index is -0.315. The summed E-state index contributed by atoms with van der Waals surface area (Å²) in [5.74, 6) is 1.29. The summed E-state index contributed by atoms with van der Waals surface area (Å²) < 4.78 is 10.3. The molecule has 1 aromatic carbocycles. The number of methoxy groups -OCH3 is 1. The first kappa shape index (κ1) is 23.7. The third-order valence-electron chi connectivity index (χ3n) is 4.39. The highest BCUT2D eigenvalue weighted by Crippen LogP contribution is 2.24. The molecule has 1 unspecified atom stereocenters. The maximum Gasteiger partial charge on any atom is 0.350 e. The molecule has 1 atom stereocenters. The number of thiazole rings is 1. The number of esters is 1. The Kier molecular flexibility index (Phi) is 9.60. The third-order valence-corrected chi connectivity index (χ3v) is 5.71. The first-order valence-corrected chi connectivity index (χ1v) is 11.1. The van der Waals surface area contributed by atoms with Crippen LogP contribution in [-0.4, -0.2) is 43.7 Å². The van der Waals surface area contributed by atoms with Crippen LogP contribution in [0.3, 0.4) is 0 Å². The summed E-state index contributed by atoms with van der Waals surface area (Å²) in [5, 5.41) is 7.48. The zero-order chi connectivity index (χ0) is 21.9. The molecule has 0 fully saturated rings. The average molecular weight is 433 g/mol. The van der Waals surface area contributed by atoms with Gasteiger partial charge in [-0.05, 0) is 58.2 Å². The number of guanidine groups is 1. The van der Waals surface area contributed by atoms with Crippen LogP contribution in [0.15, 0.2) is 29.3 Å². The van der Waals surface area contributed by atoms with Crippen LogP contribution in [0.1, 0.15) is 59.2 Å². The normalized spacial score (nSPS) is 12.4. The molecule has 0 amide bonds. The van der Waals surface area contributed by atoms with Crippen molar-refractivity contribution in [1.82, 2.24) is 15.6 Å². The van der Waals surface area contributed by atoms with Gasteiger partial charge in [0.05, 0.1) is 25.5 Å². The summed E-state index contributed by atoms with van der Waals surface area (Å²) in [5.41, 5.74) is 1.96. The van der Waals surface area contributed by atoms with E-state index in [4.69, 9.17) is 9.47 Å². The van der Waals surface area contributed by atoms with Crippen LogP contribution < -0.4 is 15.4 Å². The second-order valence-corrected chi connectivity index (χ2v) is 7.80. The van der Waals surface area contributed by atoms with E-state index in [2.05, 4.69) is 32.7 Å². The number of aromatic nitrogens is 1. The number of aliphatic imine (C=N–C) groups is 1. The zero-order valence-electron chi connectivity index (χ0n) is 18.4. The molecular weight excluding hydrogens is 400 g/mol. The average Bonchev–Trinajstić information content (AvgIpc) is 3.14. The standard InChI is InChI=1S/C22H32N4O3S/c1-6-23-22(24-14-8-9-17-10-12-18(28-5)13-11-17)26-16(4)20-25-15(3)19(30-20)21(27)29-7-2/h10-13,16H,6-9,14H2,1-5H3,(H2,23,24,26). The van der Waals surface area contributed by atoms with Gasteiger partial charge in [-0.3, -0.25) is 4.99 Å². The number of hydrogen-bond donors (Lipinski definition) is 2. The Bertz CT molecular complexity index is 833. The number of hydrogen-bond acceptors (Lipinski definition) is 6. The van der Waals surface area contributed by atoms with Crippen molar-refractivity contribution in [2.24, 2.45) is 4.99 Å². The lowest BCUT2D eigenvalue weighted by atomic mass is 10.1. The molecule has 1 aromatic heterocycles. The predicted octanol–water partition coefficient (Wildman–Crippen LogP) is 3.89. The lowest BCUT2D eigenvalue weighted by Gasteiger charge is -2.16. The molecule has 2 N–H and O–H groups in total. The minimum absolute atomic E-state index is 0.0729. The minimum Gasteiger partial charge on any atom is -0.497 e. The molecule has 7 nitrogen and oxygen atoms in total. The van der Waals surface area contributed by atoms with Crippen LogP contribution in [0.4, 0.5) is 0 Å². The van der Waals surface area contributed by atoms with Gasteiger partial charge in [-0.2, -0.15) is 0 Å². The third kappa shape index (κ3) is 7.02. The number of carbonyl (C=O) groups excluding carboxylic acids is 1. The number of nitrogens with one attached hydrogen (secondary N) is 2. The van der Waals surface area contributed by atoms with Crippen molar-refractivity contribution in [3.63, 3.8) is 0 Å². The molecule has 0 radical (unpaired) electrons. The van der Waals surface area contributed by atoms with E-state index < -0.39 is 0 Å². The number of rotatable bonds is 10. The largest absolute Gasteiger partial charge is 0.497 e. The fourth-order valence-electron chi connectivity index (χ4n) is 2.84. The van der Waals surface area contributed by atoms with Gasteiger partial charge in [-0.25, -0.2) is 9.78 Å². The second kappa shape index (κ2) is 12.2. The van der Waals surface area contributed by atoms with Gasteiger partial charge in [0.25, 0.3) is 0 Å². The maximum atomic E-state index is 12.0. The second-order valence-electron chi connectivity index (χ2n) is 6.77. The molecule has 0 aliphatic heterocycles. The van der Waals surface area contributed by atoms with E-state index in [-0.39, 0.29) is 12.0 Å². The highest BCUT2D eigenvalue weighted by Gasteiger charge is 2.20. The van der Waals surface area contributed by atoms with E-state index in [1.807, 2.05) is 32.9 Å². The lowest BCUT2D eigenvalue weighted by molar-refractivity contribution is 0.0531. The predicted molar refractivity (Wildman–Crippen MR) is 122 cm³/mol. The Labute approximate surface area is 182 Å². The first-order chi connectivity index (χ1) is 14.5. The fourth-order valence-corrected chi connectivity index (χ4v) is 3.80. The summed E-state index contributed by atoms with van der Waals surface area (Å²) in [6.07, 6.45) is 1.90. The van der Waals surface area contributed by atoms with Crippen LogP contribution in [0.2, 0.25) is 0 Å². The molecule has 1 heterocycles. The van der Waals surface area contributed by atoms with Crippen molar-refractivity contribution in [3.05, 3.63) is 45.4 Å². The van der Waals surface area contributed by atoms with Crippen LogP contribution >= 0.6 is 11.3 Å². The van der Waals surface area contributed by atoms with Gasteiger partial charge in [0.15, 0.2) is 5.96 Å². The quantitative estimate of drug-likeness (QED) is 0.256. The van der Waals surface area contributed by atoms with Crippen molar-refractivity contribution < 1.29 is 14.3 Å². The van der Waals surface area contributed by atoms with Crippen molar-refractivity contribution in [2.75, 3.05) is 26.8 Å². The van der Waals surface area contributed by atoms with Gasteiger partial charge < -0.3 is 20.1 Å². The van der Waals surface area contributed by atoms with E-state index in [0.29, 0.717) is 23.7 Å². The molecule has 2 rings (SSSR count). The molecule has 164 valence electrons. The smallest absolute Gasteiger partial charge is 0.350 e. The molecule has 0 aliphatic carbocycles. The van der Waals surface area contributed by atoms with Gasteiger partial charge >= 0.3 is 5.97 Å². The molecule has 0 bridgehead atoms. The fraction of sp³-hybridized carbons (Fsp3) is 0.500. The van der Waals surface area contributed by atoms with Crippen LogP contribution in [0.5, 0.6) is 5.75 Å². The Morgan fingerprint density at radius 2 is 2.00 bits per heavy atom. The Morgan fingerprint density at radius 1 is 1.27 bits per heavy atom. The van der Waals surface area contributed by atoms with Crippen LogP contribution in [-0.2, 0) is 11.2 Å². The monoisotopic (exact) mass is 432 g/mol. The van der Waals surface area contributed by atoms with Gasteiger partial charge in [0.2, 0.25) is 0 Å². The Balaban J connectivity index is 1.93.